The smallest absolute Gasteiger partial charge is 0.251 e. The average Bonchev–Trinajstić information content (AvgIpc) is 2.66. The van der Waals surface area contributed by atoms with E-state index in [4.69, 9.17) is 11.6 Å². The van der Waals surface area contributed by atoms with Gasteiger partial charge in [0.1, 0.15) is 11.0 Å². The van der Waals surface area contributed by atoms with Crippen LogP contribution in [-0.4, -0.2) is 35.5 Å². The van der Waals surface area contributed by atoms with Gasteiger partial charge < -0.3 is 10.2 Å². The first-order valence-electron chi connectivity index (χ1n) is 9.21. The predicted octanol–water partition coefficient (Wildman–Crippen LogP) is 4.80. The van der Waals surface area contributed by atoms with E-state index >= 15 is 0 Å². The lowest BCUT2D eigenvalue weighted by Crippen LogP contribution is -2.31. The fourth-order valence-corrected chi connectivity index (χ4v) is 3.48. The van der Waals surface area contributed by atoms with Crippen LogP contribution in [0.1, 0.15) is 49.5 Å². The molecule has 0 radical (unpaired) electrons. The number of nitrogens with zero attached hydrogens (tertiary/aromatic N) is 3. The van der Waals surface area contributed by atoms with Crippen LogP contribution in [0.15, 0.2) is 35.5 Å². The molecule has 27 heavy (non-hydrogen) atoms. The lowest BCUT2D eigenvalue weighted by Gasteiger charge is -2.17. The summed E-state index contributed by atoms with van der Waals surface area (Å²) < 4.78 is 0. The molecule has 7 heteroatoms. The standard InChI is InChI=1S/C20H27ClN4OS/c1-5-10-25(4)18-12-17(21)23-20(24-18)27-13-15-8-7-9-16(11-15)19(26)22-14(3)6-2/h7-9,11-12,14H,5-6,10,13H2,1-4H3,(H,22,26)/t14-/m0/s1. The molecule has 1 heterocycles. The number of aromatic nitrogens is 2. The van der Waals surface area contributed by atoms with E-state index in [1.54, 1.807) is 6.07 Å². The van der Waals surface area contributed by atoms with Crippen LogP contribution in [0, 0.1) is 0 Å². The van der Waals surface area contributed by atoms with Gasteiger partial charge in [0.25, 0.3) is 5.91 Å². The summed E-state index contributed by atoms with van der Waals surface area (Å²) in [5, 5.41) is 4.06. The molecule has 146 valence electrons. The molecule has 0 saturated carbocycles. The quantitative estimate of drug-likeness (QED) is 0.368. The molecule has 0 bridgehead atoms. The maximum Gasteiger partial charge on any atom is 0.251 e. The van der Waals surface area contributed by atoms with E-state index in [1.807, 2.05) is 38.2 Å². The predicted molar refractivity (Wildman–Crippen MR) is 114 cm³/mol. The number of amides is 1. The van der Waals surface area contributed by atoms with Crippen molar-refractivity contribution in [2.24, 2.45) is 0 Å². The Morgan fingerprint density at radius 1 is 1.30 bits per heavy atom. The van der Waals surface area contributed by atoms with Gasteiger partial charge in [-0.25, -0.2) is 9.97 Å². The summed E-state index contributed by atoms with van der Waals surface area (Å²) in [6, 6.07) is 9.59. The van der Waals surface area contributed by atoms with E-state index in [9.17, 15) is 4.79 Å². The zero-order valence-corrected chi connectivity index (χ0v) is 17.9. The highest BCUT2D eigenvalue weighted by Crippen LogP contribution is 2.24. The number of carbonyl (C=O) groups excluding carboxylic acids is 1. The van der Waals surface area contributed by atoms with Gasteiger partial charge >= 0.3 is 0 Å². The molecule has 5 nitrogen and oxygen atoms in total. The first kappa shape index (κ1) is 21.5. The van der Waals surface area contributed by atoms with Gasteiger partial charge in [-0.3, -0.25) is 4.79 Å². The molecule has 0 aliphatic rings. The van der Waals surface area contributed by atoms with E-state index < -0.39 is 0 Å². The van der Waals surface area contributed by atoms with Gasteiger partial charge in [-0.05, 0) is 37.5 Å². The van der Waals surface area contributed by atoms with Gasteiger partial charge in [0.15, 0.2) is 5.16 Å². The second kappa shape index (κ2) is 10.5. The van der Waals surface area contributed by atoms with Crippen molar-refractivity contribution in [1.82, 2.24) is 15.3 Å². The Hall–Kier alpha value is -1.79. The highest BCUT2D eigenvalue weighted by Gasteiger charge is 2.11. The fraction of sp³-hybridized carbons (Fsp3) is 0.450. The molecule has 0 aliphatic carbocycles. The van der Waals surface area contributed by atoms with Gasteiger partial charge in [0, 0.05) is 37.0 Å². The van der Waals surface area contributed by atoms with Gasteiger partial charge in [0.2, 0.25) is 0 Å². The number of thioether (sulfide) groups is 1. The number of hydrogen-bond donors (Lipinski definition) is 1. The second-order valence-corrected chi connectivity index (χ2v) is 7.85. The summed E-state index contributed by atoms with van der Waals surface area (Å²) in [5.74, 6) is 1.45. The number of carbonyl (C=O) groups is 1. The van der Waals surface area contributed by atoms with Crippen LogP contribution < -0.4 is 10.2 Å². The molecule has 2 rings (SSSR count). The normalized spacial score (nSPS) is 11.9. The van der Waals surface area contributed by atoms with Crippen LogP contribution in [0.5, 0.6) is 0 Å². The Kier molecular flexibility index (Phi) is 8.38. The van der Waals surface area contributed by atoms with Gasteiger partial charge in [-0.1, -0.05) is 49.3 Å². The Labute approximate surface area is 170 Å². The van der Waals surface area contributed by atoms with Crippen LogP contribution in [0.4, 0.5) is 5.82 Å². The monoisotopic (exact) mass is 406 g/mol. The van der Waals surface area contributed by atoms with Crippen LogP contribution in [0.25, 0.3) is 0 Å². The minimum Gasteiger partial charge on any atom is -0.360 e. The molecule has 0 fully saturated rings. The highest BCUT2D eigenvalue weighted by atomic mass is 35.5. The number of halogens is 1. The molecule has 0 unspecified atom stereocenters. The van der Waals surface area contributed by atoms with E-state index in [0.29, 0.717) is 21.6 Å². The van der Waals surface area contributed by atoms with Crippen molar-refractivity contribution >= 4 is 35.1 Å². The summed E-state index contributed by atoms with van der Waals surface area (Å²) in [7, 11) is 2.00. The summed E-state index contributed by atoms with van der Waals surface area (Å²) in [6.07, 6.45) is 1.94. The van der Waals surface area contributed by atoms with E-state index in [-0.39, 0.29) is 11.9 Å². The molecule has 1 aromatic carbocycles. The summed E-state index contributed by atoms with van der Waals surface area (Å²) in [6.45, 7) is 7.08. The maximum atomic E-state index is 12.3. The van der Waals surface area contributed by atoms with Crippen LogP contribution in [0.3, 0.4) is 0 Å². The SMILES string of the molecule is CCCN(C)c1cc(Cl)nc(SCc2cccc(C(=O)N[C@@H](C)CC)c2)n1. The molecule has 1 amide bonds. The number of nitrogens with one attached hydrogen (secondary N) is 1. The number of anilines is 1. The first-order valence-corrected chi connectivity index (χ1v) is 10.6. The lowest BCUT2D eigenvalue weighted by molar-refractivity contribution is 0.0939. The Morgan fingerprint density at radius 2 is 2.07 bits per heavy atom. The molecule has 0 aliphatic heterocycles. The zero-order chi connectivity index (χ0) is 19.8. The van der Waals surface area contributed by atoms with Gasteiger partial charge in [-0.15, -0.1) is 0 Å². The Bertz CT molecular complexity index is 771. The van der Waals surface area contributed by atoms with Crippen molar-refractivity contribution in [2.75, 3.05) is 18.5 Å². The van der Waals surface area contributed by atoms with Gasteiger partial charge in [-0.2, -0.15) is 0 Å². The van der Waals surface area contributed by atoms with Crippen LogP contribution >= 0.6 is 23.4 Å². The summed E-state index contributed by atoms with van der Waals surface area (Å²) in [4.78, 5) is 23.3. The van der Waals surface area contributed by atoms with E-state index in [1.165, 1.54) is 11.8 Å². The minimum absolute atomic E-state index is 0.0429. The first-order chi connectivity index (χ1) is 12.9. The molecule has 2 aromatic rings. The van der Waals surface area contributed by atoms with E-state index in [2.05, 4.69) is 34.0 Å². The van der Waals surface area contributed by atoms with Crippen molar-refractivity contribution in [3.63, 3.8) is 0 Å². The lowest BCUT2D eigenvalue weighted by atomic mass is 10.1. The molecule has 0 spiro atoms. The van der Waals surface area contributed by atoms with Gasteiger partial charge in [0.05, 0.1) is 0 Å². The molecule has 1 aromatic heterocycles. The van der Waals surface area contributed by atoms with Crippen molar-refractivity contribution in [2.45, 2.75) is 50.6 Å². The second-order valence-electron chi connectivity index (χ2n) is 6.52. The maximum absolute atomic E-state index is 12.3. The van der Waals surface area contributed by atoms with Crippen molar-refractivity contribution < 1.29 is 4.79 Å². The molecule has 1 atom stereocenters. The third kappa shape index (κ3) is 6.70. The Morgan fingerprint density at radius 3 is 2.78 bits per heavy atom. The van der Waals surface area contributed by atoms with Crippen LogP contribution in [-0.2, 0) is 5.75 Å². The number of hydrogen-bond acceptors (Lipinski definition) is 5. The summed E-state index contributed by atoms with van der Waals surface area (Å²) in [5.41, 5.74) is 1.72. The zero-order valence-electron chi connectivity index (χ0n) is 16.3. The highest BCUT2D eigenvalue weighted by molar-refractivity contribution is 7.98. The number of benzene rings is 1. The fourth-order valence-electron chi connectivity index (χ4n) is 2.45. The van der Waals surface area contributed by atoms with E-state index in [0.717, 1.165) is 30.8 Å². The third-order valence-corrected chi connectivity index (χ3v) is 5.27. The molecular weight excluding hydrogens is 380 g/mol. The topological polar surface area (TPSA) is 58.1 Å². The summed E-state index contributed by atoms with van der Waals surface area (Å²) >= 11 is 7.67. The van der Waals surface area contributed by atoms with Crippen LogP contribution in [0.2, 0.25) is 5.15 Å². The average molecular weight is 407 g/mol. The molecule has 1 N–H and O–H groups in total. The molecule has 0 saturated heterocycles. The minimum atomic E-state index is -0.0429. The number of rotatable bonds is 9. The van der Waals surface area contributed by atoms with Crippen molar-refractivity contribution in [3.05, 3.63) is 46.6 Å². The van der Waals surface area contributed by atoms with Crippen molar-refractivity contribution in [1.29, 1.82) is 0 Å². The molecular formula is C20H27ClN4OS. The Balaban J connectivity index is 2.06. The van der Waals surface area contributed by atoms with Crippen molar-refractivity contribution in [3.8, 4) is 0 Å². The largest absolute Gasteiger partial charge is 0.360 e. The third-order valence-electron chi connectivity index (χ3n) is 4.16.